The van der Waals surface area contributed by atoms with Gasteiger partial charge >= 0.3 is 0 Å². The van der Waals surface area contributed by atoms with Crippen molar-refractivity contribution >= 4 is 0 Å². The summed E-state index contributed by atoms with van der Waals surface area (Å²) in [5.74, 6) is 1.23. The van der Waals surface area contributed by atoms with Crippen molar-refractivity contribution in [1.29, 1.82) is 0 Å². The van der Waals surface area contributed by atoms with Crippen molar-refractivity contribution in [3.63, 3.8) is 0 Å². The Hall–Kier alpha value is -1.09. The molecule has 0 radical (unpaired) electrons. The first-order valence-corrected chi connectivity index (χ1v) is 6.85. The molecule has 1 aromatic rings. The molecule has 3 heteroatoms. The van der Waals surface area contributed by atoms with Crippen molar-refractivity contribution in [3.8, 4) is 5.75 Å². The van der Waals surface area contributed by atoms with Gasteiger partial charge in [-0.2, -0.15) is 0 Å². The fourth-order valence-electron chi connectivity index (χ4n) is 2.71. The Morgan fingerprint density at radius 2 is 1.89 bits per heavy atom. The van der Waals surface area contributed by atoms with E-state index in [0.717, 1.165) is 5.75 Å². The largest absolute Gasteiger partial charge is 0.492 e. The number of rotatable bonds is 5. The Morgan fingerprint density at radius 3 is 2.50 bits per heavy atom. The summed E-state index contributed by atoms with van der Waals surface area (Å²) in [5.41, 5.74) is 0. The number of ether oxygens (including phenoxy) is 1. The third kappa shape index (κ3) is 3.70. The Labute approximate surface area is 109 Å². The van der Waals surface area contributed by atoms with Crippen LogP contribution in [0.15, 0.2) is 24.3 Å². The van der Waals surface area contributed by atoms with Gasteiger partial charge < -0.3 is 10.1 Å². The second-order valence-corrected chi connectivity index (χ2v) is 5.06. The van der Waals surface area contributed by atoms with E-state index < -0.39 is 0 Å². The van der Waals surface area contributed by atoms with Crippen molar-refractivity contribution in [1.82, 2.24) is 5.32 Å². The minimum atomic E-state index is -0.222. The molecule has 1 aliphatic rings. The maximum Gasteiger partial charge on any atom is 0.123 e. The fourth-order valence-corrected chi connectivity index (χ4v) is 2.71. The van der Waals surface area contributed by atoms with Gasteiger partial charge in [0.05, 0.1) is 0 Å². The van der Waals surface area contributed by atoms with E-state index in [1.54, 1.807) is 12.1 Å². The second kappa shape index (κ2) is 6.74. The van der Waals surface area contributed by atoms with Gasteiger partial charge in [-0.1, -0.05) is 19.3 Å². The van der Waals surface area contributed by atoms with Crippen molar-refractivity contribution in [2.45, 2.75) is 38.1 Å². The summed E-state index contributed by atoms with van der Waals surface area (Å²) in [4.78, 5) is 0. The van der Waals surface area contributed by atoms with E-state index in [1.807, 2.05) is 7.05 Å². The van der Waals surface area contributed by atoms with Crippen molar-refractivity contribution in [3.05, 3.63) is 30.1 Å². The highest BCUT2D eigenvalue weighted by Crippen LogP contribution is 2.26. The van der Waals surface area contributed by atoms with Crippen LogP contribution < -0.4 is 10.1 Å². The van der Waals surface area contributed by atoms with Crippen LogP contribution in [-0.4, -0.2) is 19.7 Å². The summed E-state index contributed by atoms with van der Waals surface area (Å²) in [6, 6.07) is 6.64. The normalized spacial score (nSPS) is 18.6. The third-order valence-electron chi connectivity index (χ3n) is 3.83. The van der Waals surface area contributed by atoms with E-state index in [2.05, 4.69) is 5.32 Å². The van der Waals surface area contributed by atoms with Gasteiger partial charge in [0.2, 0.25) is 0 Å². The molecule has 0 saturated heterocycles. The SMILES string of the molecule is CNC(COc1ccc(F)cc1)C1CCCCC1. The highest BCUT2D eigenvalue weighted by atomic mass is 19.1. The molecular formula is C15H22FNO. The molecule has 1 saturated carbocycles. The predicted molar refractivity (Wildman–Crippen MR) is 71.3 cm³/mol. The van der Waals surface area contributed by atoms with E-state index in [-0.39, 0.29) is 5.82 Å². The zero-order valence-electron chi connectivity index (χ0n) is 11.0. The van der Waals surface area contributed by atoms with Crippen LogP contribution in [0.5, 0.6) is 5.75 Å². The summed E-state index contributed by atoms with van der Waals surface area (Å²) in [5, 5.41) is 3.35. The molecule has 1 N–H and O–H groups in total. The first kappa shape index (κ1) is 13.3. The summed E-state index contributed by atoms with van der Waals surface area (Å²) >= 11 is 0. The number of halogens is 1. The molecule has 0 aliphatic heterocycles. The van der Waals surface area contributed by atoms with Crippen LogP contribution in [0, 0.1) is 11.7 Å². The van der Waals surface area contributed by atoms with Crippen molar-refractivity contribution in [2.24, 2.45) is 5.92 Å². The molecule has 18 heavy (non-hydrogen) atoms. The van der Waals surface area contributed by atoms with Gasteiger partial charge in [0, 0.05) is 6.04 Å². The first-order chi connectivity index (χ1) is 8.79. The van der Waals surface area contributed by atoms with Gasteiger partial charge in [0.25, 0.3) is 0 Å². The molecule has 0 heterocycles. The molecule has 2 nitrogen and oxygen atoms in total. The second-order valence-electron chi connectivity index (χ2n) is 5.06. The number of benzene rings is 1. The molecule has 1 fully saturated rings. The smallest absolute Gasteiger partial charge is 0.123 e. The van der Waals surface area contributed by atoms with E-state index >= 15 is 0 Å². The summed E-state index contributed by atoms with van der Waals surface area (Å²) in [6.45, 7) is 0.660. The number of hydrogen-bond acceptors (Lipinski definition) is 2. The molecule has 1 atom stereocenters. The first-order valence-electron chi connectivity index (χ1n) is 6.85. The fraction of sp³-hybridized carbons (Fsp3) is 0.600. The molecular weight excluding hydrogens is 229 g/mol. The average Bonchev–Trinajstić information content (AvgIpc) is 2.43. The molecule has 0 bridgehead atoms. The van der Waals surface area contributed by atoms with Crippen molar-refractivity contribution < 1.29 is 9.13 Å². The lowest BCUT2D eigenvalue weighted by Gasteiger charge is -2.29. The lowest BCUT2D eigenvalue weighted by Crippen LogP contribution is -2.39. The van der Waals surface area contributed by atoms with Crippen LogP contribution in [0.2, 0.25) is 0 Å². The zero-order chi connectivity index (χ0) is 12.8. The number of likely N-dealkylation sites (N-methyl/N-ethyl adjacent to an activating group) is 1. The van der Waals surface area contributed by atoms with Crippen LogP contribution in [0.3, 0.4) is 0 Å². The minimum Gasteiger partial charge on any atom is -0.492 e. The Kier molecular flexibility index (Phi) is 5.00. The van der Waals surface area contributed by atoms with Crippen LogP contribution in [0.1, 0.15) is 32.1 Å². The summed E-state index contributed by atoms with van der Waals surface area (Å²) in [7, 11) is 1.99. The van der Waals surface area contributed by atoms with Crippen LogP contribution in [-0.2, 0) is 0 Å². The minimum absolute atomic E-state index is 0.222. The number of nitrogens with one attached hydrogen (secondary N) is 1. The third-order valence-corrected chi connectivity index (χ3v) is 3.83. The maximum absolute atomic E-state index is 12.8. The quantitative estimate of drug-likeness (QED) is 0.866. The molecule has 0 spiro atoms. The van der Waals surface area contributed by atoms with Gasteiger partial charge in [-0.25, -0.2) is 4.39 Å². The maximum atomic E-state index is 12.8. The molecule has 0 amide bonds. The highest BCUT2D eigenvalue weighted by Gasteiger charge is 2.22. The van der Waals surface area contributed by atoms with Gasteiger partial charge in [0.15, 0.2) is 0 Å². The Morgan fingerprint density at radius 1 is 1.22 bits per heavy atom. The lowest BCUT2D eigenvalue weighted by molar-refractivity contribution is 0.192. The summed E-state index contributed by atoms with van der Waals surface area (Å²) < 4.78 is 18.5. The highest BCUT2D eigenvalue weighted by molar-refractivity contribution is 5.22. The van der Waals surface area contributed by atoms with Gasteiger partial charge in [-0.3, -0.25) is 0 Å². The van der Waals surface area contributed by atoms with Crippen LogP contribution in [0.25, 0.3) is 0 Å². The molecule has 100 valence electrons. The van der Waals surface area contributed by atoms with E-state index in [4.69, 9.17) is 4.74 Å². The van der Waals surface area contributed by atoms with Crippen molar-refractivity contribution in [2.75, 3.05) is 13.7 Å². The molecule has 0 aromatic heterocycles. The standard InChI is InChI=1S/C15H22FNO/c1-17-15(12-5-3-2-4-6-12)11-18-14-9-7-13(16)8-10-14/h7-10,12,15,17H,2-6,11H2,1H3. The zero-order valence-corrected chi connectivity index (χ0v) is 11.0. The van der Waals surface area contributed by atoms with E-state index in [9.17, 15) is 4.39 Å². The average molecular weight is 251 g/mol. The number of hydrogen-bond donors (Lipinski definition) is 1. The topological polar surface area (TPSA) is 21.3 Å². The van der Waals surface area contributed by atoms with Gasteiger partial charge in [-0.05, 0) is 50.1 Å². The van der Waals surface area contributed by atoms with E-state index in [1.165, 1.54) is 44.2 Å². The Balaban J connectivity index is 1.84. The van der Waals surface area contributed by atoms with Gasteiger partial charge in [-0.15, -0.1) is 0 Å². The molecule has 1 unspecified atom stereocenters. The summed E-state index contributed by atoms with van der Waals surface area (Å²) in [6.07, 6.45) is 6.61. The molecule has 2 rings (SSSR count). The Bertz CT molecular complexity index is 346. The van der Waals surface area contributed by atoms with Crippen LogP contribution in [0.4, 0.5) is 4.39 Å². The van der Waals surface area contributed by atoms with Crippen LogP contribution >= 0.6 is 0 Å². The molecule has 1 aromatic carbocycles. The predicted octanol–water partition coefficient (Wildman–Crippen LogP) is 3.37. The monoisotopic (exact) mass is 251 g/mol. The van der Waals surface area contributed by atoms with E-state index in [0.29, 0.717) is 18.6 Å². The molecule has 1 aliphatic carbocycles. The van der Waals surface area contributed by atoms with Gasteiger partial charge in [0.1, 0.15) is 18.2 Å². The lowest BCUT2D eigenvalue weighted by atomic mass is 9.84.